The van der Waals surface area contributed by atoms with E-state index in [4.69, 9.17) is 0 Å². The van der Waals surface area contributed by atoms with Crippen LogP contribution in [0.15, 0.2) is 0 Å². The minimum absolute atomic E-state index is 0.378. The molecule has 1 saturated heterocycles. The highest BCUT2D eigenvalue weighted by molar-refractivity contribution is 5.76. The Morgan fingerprint density at radius 2 is 1.87 bits per heavy atom. The van der Waals surface area contributed by atoms with Gasteiger partial charge in [-0.2, -0.15) is 0 Å². The van der Waals surface area contributed by atoms with E-state index in [1.807, 2.05) is 6.92 Å². The molecule has 15 heavy (non-hydrogen) atoms. The maximum atomic E-state index is 11.8. The second kappa shape index (κ2) is 5.00. The standard InChI is InChI=1S/C13H23NO/c1-2-13(15)14-10-6-9-12(14)11-7-4-3-5-8-11/h11-12H,2-10H2,1H3. The molecular weight excluding hydrogens is 186 g/mol. The third kappa shape index (κ3) is 2.35. The van der Waals surface area contributed by atoms with Crippen molar-refractivity contribution in [3.63, 3.8) is 0 Å². The molecule has 1 aliphatic carbocycles. The molecule has 86 valence electrons. The van der Waals surface area contributed by atoms with Gasteiger partial charge in [-0.3, -0.25) is 4.79 Å². The second-order valence-electron chi connectivity index (χ2n) is 5.05. The fourth-order valence-electron chi connectivity index (χ4n) is 3.31. The third-order valence-corrected chi connectivity index (χ3v) is 4.12. The molecule has 2 fully saturated rings. The average molecular weight is 209 g/mol. The molecule has 1 saturated carbocycles. The first-order valence-corrected chi connectivity index (χ1v) is 6.62. The molecule has 0 bridgehead atoms. The number of hydrogen-bond donors (Lipinski definition) is 0. The van der Waals surface area contributed by atoms with Crippen LogP contribution in [0.4, 0.5) is 0 Å². The van der Waals surface area contributed by atoms with Crippen molar-refractivity contribution in [3.05, 3.63) is 0 Å². The first kappa shape index (κ1) is 11.0. The molecule has 0 N–H and O–H groups in total. The van der Waals surface area contributed by atoms with Gasteiger partial charge in [0.2, 0.25) is 5.91 Å². The van der Waals surface area contributed by atoms with Crippen LogP contribution in [0.25, 0.3) is 0 Å². The first-order chi connectivity index (χ1) is 7.33. The lowest BCUT2D eigenvalue weighted by molar-refractivity contribution is -0.132. The molecule has 0 aromatic heterocycles. The molecule has 0 aromatic rings. The normalized spacial score (nSPS) is 28.3. The summed E-state index contributed by atoms with van der Waals surface area (Å²) < 4.78 is 0. The lowest BCUT2D eigenvalue weighted by Crippen LogP contribution is -2.40. The largest absolute Gasteiger partial charge is 0.339 e. The predicted octanol–water partition coefficient (Wildman–Crippen LogP) is 2.97. The van der Waals surface area contributed by atoms with Gasteiger partial charge in [0.05, 0.1) is 0 Å². The van der Waals surface area contributed by atoms with Crippen LogP contribution in [0.2, 0.25) is 0 Å². The van der Waals surface area contributed by atoms with Crippen molar-refractivity contribution in [1.82, 2.24) is 4.90 Å². The van der Waals surface area contributed by atoms with Crippen LogP contribution < -0.4 is 0 Å². The summed E-state index contributed by atoms with van der Waals surface area (Å²) in [5, 5.41) is 0. The molecule has 0 radical (unpaired) electrons. The Morgan fingerprint density at radius 1 is 1.13 bits per heavy atom. The highest BCUT2D eigenvalue weighted by Gasteiger charge is 2.34. The number of hydrogen-bond acceptors (Lipinski definition) is 1. The van der Waals surface area contributed by atoms with Gasteiger partial charge in [-0.15, -0.1) is 0 Å². The Balaban J connectivity index is 1.97. The van der Waals surface area contributed by atoms with Crippen molar-refractivity contribution in [2.45, 2.75) is 64.3 Å². The molecule has 0 aromatic carbocycles. The summed E-state index contributed by atoms with van der Waals surface area (Å²) in [6.45, 7) is 3.01. The van der Waals surface area contributed by atoms with Crippen molar-refractivity contribution < 1.29 is 4.79 Å². The molecule has 1 aliphatic heterocycles. The summed E-state index contributed by atoms with van der Waals surface area (Å²) >= 11 is 0. The lowest BCUT2D eigenvalue weighted by atomic mass is 9.83. The summed E-state index contributed by atoms with van der Waals surface area (Å²) in [5.74, 6) is 1.19. The van der Waals surface area contributed by atoms with Gasteiger partial charge >= 0.3 is 0 Å². The number of rotatable bonds is 2. The Bertz CT molecular complexity index is 221. The summed E-state index contributed by atoms with van der Waals surface area (Å²) in [4.78, 5) is 14.0. The Kier molecular flexibility index (Phi) is 3.66. The number of amides is 1. The van der Waals surface area contributed by atoms with Gasteiger partial charge in [0.15, 0.2) is 0 Å². The fraction of sp³-hybridized carbons (Fsp3) is 0.923. The van der Waals surface area contributed by atoms with Crippen molar-refractivity contribution in [3.8, 4) is 0 Å². The van der Waals surface area contributed by atoms with Gasteiger partial charge in [-0.1, -0.05) is 26.2 Å². The average Bonchev–Trinajstić information content (AvgIpc) is 2.78. The maximum Gasteiger partial charge on any atom is 0.222 e. The van der Waals surface area contributed by atoms with Crippen molar-refractivity contribution in [2.75, 3.05) is 6.54 Å². The molecule has 2 heteroatoms. The van der Waals surface area contributed by atoms with E-state index in [0.717, 1.165) is 12.5 Å². The minimum atomic E-state index is 0.378. The highest BCUT2D eigenvalue weighted by atomic mass is 16.2. The summed E-state index contributed by atoms with van der Waals surface area (Å²) in [6, 6.07) is 0.595. The zero-order valence-electron chi connectivity index (χ0n) is 9.87. The molecule has 0 spiro atoms. The van der Waals surface area contributed by atoms with Crippen LogP contribution in [-0.4, -0.2) is 23.4 Å². The third-order valence-electron chi connectivity index (χ3n) is 4.12. The number of likely N-dealkylation sites (tertiary alicyclic amines) is 1. The summed E-state index contributed by atoms with van der Waals surface area (Å²) in [5.41, 5.74) is 0. The monoisotopic (exact) mass is 209 g/mol. The summed E-state index contributed by atoms with van der Waals surface area (Å²) in [7, 11) is 0. The predicted molar refractivity (Wildman–Crippen MR) is 61.6 cm³/mol. The molecular formula is C13H23NO. The smallest absolute Gasteiger partial charge is 0.222 e. The van der Waals surface area contributed by atoms with Gasteiger partial charge in [-0.25, -0.2) is 0 Å². The van der Waals surface area contributed by atoms with Crippen LogP contribution in [0.3, 0.4) is 0 Å². The van der Waals surface area contributed by atoms with E-state index in [1.165, 1.54) is 44.9 Å². The molecule has 1 unspecified atom stereocenters. The number of carbonyl (C=O) groups excluding carboxylic acids is 1. The Morgan fingerprint density at radius 3 is 2.53 bits per heavy atom. The van der Waals surface area contributed by atoms with Crippen molar-refractivity contribution >= 4 is 5.91 Å². The van der Waals surface area contributed by atoms with Crippen LogP contribution in [0, 0.1) is 5.92 Å². The minimum Gasteiger partial charge on any atom is -0.339 e. The second-order valence-corrected chi connectivity index (χ2v) is 5.05. The highest BCUT2D eigenvalue weighted by Crippen LogP contribution is 2.34. The van der Waals surface area contributed by atoms with Crippen LogP contribution in [-0.2, 0) is 4.79 Å². The first-order valence-electron chi connectivity index (χ1n) is 6.62. The van der Waals surface area contributed by atoms with Crippen LogP contribution in [0.1, 0.15) is 58.3 Å². The van der Waals surface area contributed by atoms with Crippen LogP contribution >= 0.6 is 0 Å². The van der Waals surface area contributed by atoms with Crippen LogP contribution in [0.5, 0.6) is 0 Å². The van der Waals surface area contributed by atoms with E-state index in [0.29, 0.717) is 18.4 Å². The molecule has 1 amide bonds. The number of carbonyl (C=O) groups is 1. The Hall–Kier alpha value is -0.530. The summed E-state index contributed by atoms with van der Waals surface area (Å²) in [6.07, 6.45) is 10.1. The zero-order valence-corrected chi connectivity index (χ0v) is 9.87. The van der Waals surface area contributed by atoms with E-state index in [2.05, 4.69) is 4.90 Å². The van der Waals surface area contributed by atoms with Gasteiger partial charge in [-0.05, 0) is 31.6 Å². The maximum absolute atomic E-state index is 11.8. The van der Waals surface area contributed by atoms with Gasteiger partial charge in [0.1, 0.15) is 0 Å². The zero-order chi connectivity index (χ0) is 10.7. The van der Waals surface area contributed by atoms with Crippen molar-refractivity contribution in [2.24, 2.45) is 5.92 Å². The van der Waals surface area contributed by atoms with Gasteiger partial charge in [0, 0.05) is 19.0 Å². The molecule has 1 heterocycles. The van der Waals surface area contributed by atoms with E-state index in [1.54, 1.807) is 0 Å². The Labute approximate surface area is 93.0 Å². The van der Waals surface area contributed by atoms with Crippen molar-refractivity contribution in [1.29, 1.82) is 0 Å². The van der Waals surface area contributed by atoms with E-state index >= 15 is 0 Å². The topological polar surface area (TPSA) is 20.3 Å². The lowest BCUT2D eigenvalue weighted by Gasteiger charge is -2.34. The van der Waals surface area contributed by atoms with E-state index < -0.39 is 0 Å². The number of nitrogens with zero attached hydrogens (tertiary/aromatic N) is 1. The fourth-order valence-corrected chi connectivity index (χ4v) is 3.31. The molecule has 1 atom stereocenters. The van der Waals surface area contributed by atoms with E-state index in [-0.39, 0.29) is 0 Å². The molecule has 2 nitrogen and oxygen atoms in total. The van der Waals surface area contributed by atoms with Gasteiger partial charge in [0.25, 0.3) is 0 Å². The van der Waals surface area contributed by atoms with E-state index in [9.17, 15) is 4.79 Å². The van der Waals surface area contributed by atoms with Gasteiger partial charge < -0.3 is 4.90 Å². The molecule has 2 rings (SSSR count). The quantitative estimate of drug-likeness (QED) is 0.684. The SMILES string of the molecule is CCC(=O)N1CCCC1C1CCCCC1. The molecule has 2 aliphatic rings.